The van der Waals surface area contributed by atoms with Crippen molar-refractivity contribution in [2.45, 2.75) is 12.2 Å². The molecule has 0 bridgehead atoms. The topological polar surface area (TPSA) is 38.7 Å². The summed E-state index contributed by atoms with van der Waals surface area (Å²) in [6.07, 6.45) is -2.40. The second-order valence-electron chi connectivity index (χ2n) is 4.62. The van der Waals surface area contributed by atoms with Crippen LogP contribution in [0.1, 0.15) is 11.7 Å². The van der Waals surface area contributed by atoms with E-state index in [4.69, 9.17) is 9.47 Å². The Morgan fingerprint density at radius 3 is 2.48 bits per heavy atom. The molecule has 1 aliphatic rings. The van der Waals surface area contributed by atoms with Crippen molar-refractivity contribution in [2.75, 3.05) is 6.61 Å². The molecule has 1 N–H and O–H groups in total. The van der Waals surface area contributed by atoms with Crippen LogP contribution < -0.4 is 9.47 Å². The second-order valence-corrected chi connectivity index (χ2v) is 4.62. The van der Waals surface area contributed by atoms with Crippen LogP contribution >= 0.6 is 0 Å². The van der Waals surface area contributed by atoms with Gasteiger partial charge in [0, 0.05) is 5.56 Å². The fourth-order valence-electron chi connectivity index (χ4n) is 2.16. The summed E-state index contributed by atoms with van der Waals surface area (Å²) in [6.45, 7) is -0.0311. The van der Waals surface area contributed by atoms with Crippen molar-refractivity contribution in [3.8, 4) is 11.5 Å². The highest BCUT2D eigenvalue weighted by Gasteiger charge is 2.31. The zero-order valence-electron chi connectivity index (χ0n) is 10.7. The van der Waals surface area contributed by atoms with Crippen LogP contribution in [0.4, 0.5) is 13.2 Å². The fraction of sp³-hybridized carbons (Fsp3) is 0.200. The molecule has 2 aromatic carbocycles. The SMILES string of the molecule is OC(c1ccc(F)c(F)c1F)C1COc2ccccc2O1. The standard InChI is InChI=1S/C15H11F3O3/c16-9-6-5-8(13(17)14(9)18)15(19)12-7-20-10-3-1-2-4-11(10)21-12/h1-6,12,15,19H,7H2. The lowest BCUT2D eigenvalue weighted by atomic mass is 10.0. The lowest BCUT2D eigenvalue weighted by molar-refractivity contribution is -0.0131. The first-order chi connectivity index (χ1) is 10.1. The summed E-state index contributed by atoms with van der Waals surface area (Å²) in [5.41, 5.74) is -0.373. The Kier molecular flexibility index (Phi) is 3.47. The predicted octanol–water partition coefficient (Wildman–Crippen LogP) is 2.98. The van der Waals surface area contributed by atoms with E-state index in [1.54, 1.807) is 24.3 Å². The van der Waals surface area contributed by atoms with Crippen molar-refractivity contribution in [3.05, 3.63) is 59.4 Å². The first-order valence-electron chi connectivity index (χ1n) is 6.28. The van der Waals surface area contributed by atoms with Crippen LogP contribution in [0.3, 0.4) is 0 Å². The third-order valence-corrected chi connectivity index (χ3v) is 3.27. The Morgan fingerprint density at radius 1 is 1.00 bits per heavy atom. The molecular weight excluding hydrogens is 285 g/mol. The average Bonchev–Trinajstić information content (AvgIpc) is 2.52. The maximum atomic E-state index is 13.7. The highest BCUT2D eigenvalue weighted by Crippen LogP contribution is 2.35. The molecule has 0 amide bonds. The largest absolute Gasteiger partial charge is 0.486 e. The van der Waals surface area contributed by atoms with E-state index < -0.39 is 29.7 Å². The quantitative estimate of drug-likeness (QED) is 0.866. The summed E-state index contributed by atoms with van der Waals surface area (Å²) >= 11 is 0. The number of hydrogen-bond donors (Lipinski definition) is 1. The number of fused-ring (bicyclic) bond motifs is 1. The Balaban J connectivity index is 1.87. The van der Waals surface area contributed by atoms with E-state index in [1.165, 1.54) is 0 Å². The van der Waals surface area contributed by atoms with Gasteiger partial charge in [-0.05, 0) is 18.2 Å². The van der Waals surface area contributed by atoms with E-state index >= 15 is 0 Å². The van der Waals surface area contributed by atoms with Crippen LogP contribution in [-0.2, 0) is 0 Å². The minimum atomic E-state index is -1.62. The Morgan fingerprint density at radius 2 is 1.71 bits per heavy atom. The van der Waals surface area contributed by atoms with Gasteiger partial charge in [0.25, 0.3) is 0 Å². The maximum absolute atomic E-state index is 13.7. The molecule has 3 rings (SSSR count). The van der Waals surface area contributed by atoms with E-state index in [2.05, 4.69) is 0 Å². The number of aliphatic hydroxyl groups is 1. The zero-order valence-corrected chi connectivity index (χ0v) is 10.7. The summed E-state index contributed by atoms with van der Waals surface area (Å²) in [5, 5.41) is 10.1. The van der Waals surface area contributed by atoms with Crippen molar-refractivity contribution >= 4 is 0 Å². The Bertz CT molecular complexity index is 675. The highest BCUT2D eigenvalue weighted by molar-refractivity contribution is 5.41. The van der Waals surface area contributed by atoms with Gasteiger partial charge in [-0.15, -0.1) is 0 Å². The molecule has 2 unspecified atom stereocenters. The fourth-order valence-corrected chi connectivity index (χ4v) is 2.16. The maximum Gasteiger partial charge on any atom is 0.194 e. The number of ether oxygens (including phenoxy) is 2. The van der Waals surface area contributed by atoms with Gasteiger partial charge in [0.1, 0.15) is 12.7 Å². The third kappa shape index (κ3) is 2.42. The monoisotopic (exact) mass is 296 g/mol. The van der Waals surface area contributed by atoms with Gasteiger partial charge in [0.15, 0.2) is 35.1 Å². The van der Waals surface area contributed by atoms with Gasteiger partial charge in [-0.2, -0.15) is 0 Å². The summed E-state index contributed by atoms with van der Waals surface area (Å²) in [7, 11) is 0. The van der Waals surface area contributed by atoms with Gasteiger partial charge in [-0.3, -0.25) is 0 Å². The van der Waals surface area contributed by atoms with E-state index in [0.29, 0.717) is 11.5 Å². The smallest absolute Gasteiger partial charge is 0.194 e. The molecule has 0 aromatic heterocycles. The molecule has 0 saturated heterocycles. The van der Waals surface area contributed by atoms with Crippen LogP contribution in [0, 0.1) is 17.5 Å². The van der Waals surface area contributed by atoms with Crippen LogP contribution in [0.15, 0.2) is 36.4 Å². The van der Waals surface area contributed by atoms with Crippen LogP contribution in [-0.4, -0.2) is 17.8 Å². The number of hydrogen-bond acceptors (Lipinski definition) is 3. The molecule has 0 aliphatic carbocycles. The predicted molar refractivity (Wildman–Crippen MR) is 67.6 cm³/mol. The molecule has 0 spiro atoms. The molecule has 2 atom stereocenters. The average molecular weight is 296 g/mol. The molecule has 2 aromatic rings. The number of aliphatic hydroxyl groups excluding tert-OH is 1. The van der Waals surface area contributed by atoms with Crippen LogP contribution in [0.25, 0.3) is 0 Å². The molecule has 0 saturated carbocycles. The van der Waals surface area contributed by atoms with Gasteiger partial charge < -0.3 is 14.6 Å². The normalized spacial score (nSPS) is 18.4. The highest BCUT2D eigenvalue weighted by atomic mass is 19.2. The summed E-state index contributed by atoms with van der Waals surface area (Å²) in [5.74, 6) is -3.45. The van der Waals surface area contributed by atoms with Gasteiger partial charge in [-0.25, -0.2) is 13.2 Å². The lowest BCUT2D eigenvalue weighted by Crippen LogP contribution is -2.35. The molecule has 6 heteroatoms. The zero-order chi connectivity index (χ0) is 15.0. The number of halogens is 3. The van der Waals surface area contributed by atoms with Crippen molar-refractivity contribution in [3.63, 3.8) is 0 Å². The molecule has 3 nitrogen and oxygen atoms in total. The van der Waals surface area contributed by atoms with E-state index in [0.717, 1.165) is 12.1 Å². The molecule has 1 heterocycles. The molecule has 0 radical (unpaired) electrons. The minimum absolute atomic E-state index is 0.0311. The lowest BCUT2D eigenvalue weighted by Gasteiger charge is -2.29. The number of para-hydroxylation sites is 2. The Labute approximate surface area is 118 Å². The van der Waals surface area contributed by atoms with Gasteiger partial charge in [0.2, 0.25) is 0 Å². The molecule has 1 aliphatic heterocycles. The summed E-state index contributed by atoms with van der Waals surface area (Å²) < 4.78 is 50.7. The summed E-state index contributed by atoms with van der Waals surface area (Å²) in [6, 6.07) is 8.55. The first kappa shape index (κ1) is 13.8. The van der Waals surface area contributed by atoms with Crippen LogP contribution in [0.2, 0.25) is 0 Å². The molecule has 21 heavy (non-hydrogen) atoms. The van der Waals surface area contributed by atoms with E-state index in [1.807, 2.05) is 0 Å². The van der Waals surface area contributed by atoms with Gasteiger partial charge in [-0.1, -0.05) is 18.2 Å². The van der Waals surface area contributed by atoms with Crippen molar-refractivity contribution < 1.29 is 27.8 Å². The molecule has 0 fully saturated rings. The number of rotatable bonds is 2. The second kappa shape index (κ2) is 5.29. The van der Waals surface area contributed by atoms with Crippen molar-refractivity contribution in [1.29, 1.82) is 0 Å². The minimum Gasteiger partial charge on any atom is -0.486 e. The van der Waals surface area contributed by atoms with Crippen LogP contribution in [0.5, 0.6) is 11.5 Å². The van der Waals surface area contributed by atoms with E-state index in [-0.39, 0.29) is 12.2 Å². The summed E-state index contributed by atoms with van der Waals surface area (Å²) in [4.78, 5) is 0. The first-order valence-corrected chi connectivity index (χ1v) is 6.28. The number of benzene rings is 2. The third-order valence-electron chi connectivity index (χ3n) is 3.27. The van der Waals surface area contributed by atoms with Gasteiger partial charge >= 0.3 is 0 Å². The van der Waals surface area contributed by atoms with Crippen molar-refractivity contribution in [2.24, 2.45) is 0 Å². The van der Waals surface area contributed by atoms with E-state index in [9.17, 15) is 18.3 Å². The molecular formula is C15H11F3O3. The van der Waals surface area contributed by atoms with Gasteiger partial charge in [0.05, 0.1) is 0 Å². The van der Waals surface area contributed by atoms with Crippen molar-refractivity contribution in [1.82, 2.24) is 0 Å². The Hall–Kier alpha value is -2.21. The molecule has 110 valence electrons.